The van der Waals surface area contributed by atoms with Crippen LogP contribution in [0.3, 0.4) is 0 Å². The summed E-state index contributed by atoms with van der Waals surface area (Å²) in [6.45, 7) is 5.50. The predicted octanol–water partition coefficient (Wildman–Crippen LogP) is 4.58. The fourth-order valence-corrected chi connectivity index (χ4v) is 5.77. The lowest BCUT2D eigenvalue weighted by Gasteiger charge is -2.24. The number of para-hydroxylation sites is 1. The zero-order valence-electron chi connectivity index (χ0n) is 23.1. The summed E-state index contributed by atoms with van der Waals surface area (Å²) in [4.78, 5) is 8.58. The molecule has 3 aromatic rings. The van der Waals surface area contributed by atoms with Gasteiger partial charge in [0.15, 0.2) is 5.82 Å². The van der Waals surface area contributed by atoms with E-state index in [4.69, 9.17) is 14.2 Å². The van der Waals surface area contributed by atoms with Crippen LogP contribution < -0.4 is 14.2 Å². The maximum atomic E-state index is 14.2. The molecule has 0 aliphatic heterocycles. The second-order valence-corrected chi connectivity index (χ2v) is 11.8. The highest BCUT2D eigenvalue weighted by Gasteiger charge is 2.43. The number of hydrogen-bond acceptors (Lipinski definition) is 9. The van der Waals surface area contributed by atoms with Gasteiger partial charge in [-0.15, -0.1) is 10.2 Å². The molecule has 11 nitrogen and oxygen atoms in total. The Labute approximate surface area is 232 Å². The molecule has 218 valence electrons. The summed E-state index contributed by atoms with van der Waals surface area (Å²) >= 11 is 0. The van der Waals surface area contributed by atoms with Gasteiger partial charge in [-0.1, -0.05) is 13.0 Å². The van der Waals surface area contributed by atoms with Gasteiger partial charge < -0.3 is 14.2 Å². The molecule has 40 heavy (non-hydrogen) atoms. The summed E-state index contributed by atoms with van der Waals surface area (Å²) in [6.07, 6.45) is 2.26. The Kier molecular flexibility index (Phi) is 8.88. The first-order valence-electron chi connectivity index (χ1n) is 13.0. The van der Waals surface area contributed by atoms with Crippen LogP contribution in [0.1, 0.15) is 68.8 Å². The Morgan fingerprint density at radius 2 is 1.80 bits per heavy atom. The Morgan fingerprint density at radius 3 is 2.35 bits per heavy atom. The highest BCUT2D eigenvalue weighted by atomic mass is 32.2. The van der Waals surface area contributed by atoms with Crippen LogP contribution in [-0.4, -0.2) is 65.1 Å². The fraction of sp³-hybridized carbons (Fsp3) is 0.538. The van der Waals surface area contributed by atoms with Crippen molar-refractivity contribution in [3.8, 4) is 17.2 Å². The number of nitrogens with zero attached hydrogens (tertiary/aromatic N) is 5. The Hall–Kier alpha value is -3.39. The maximum absolute atomic E-state index is 14.2. The van der Waals surface area contributed by atoms with Crippen molar-refractivity contribution in [2.24, 2.45) is 0 Å². The van der Waals surface area contributed by atoms with Crippen molar-refractivity contribution in [3.63, 3.8) is 0 Å². The molecule has 1 fully saturated rings. The van der Waals surface area contributed by atoms with Gasteiger partial charge in [0.2, 0.25) is 21.9 Å². The van der Waals surface area contributed by atoms with E-state index in [0.29, 0.717) is 17.9 Å². The van der Waals surface area contributed by atoms with E-state index in [1.165, 1.54) is 25.7 Å². The number of aromatic nitrogens is 5. The topological polar surface area (TPSA) is 130 Å². The molecule has 2 aromatic heterocycles. The van der Waals surface area contributed by atoms with Crippen LogP contribution in [0.15, 0.2) is 30.6 Å². The van der Waals surface area contributed by atoms with Crippen molar-refractivity contribution in [1.29, 1.82) is 0 Å². The third kappa shape index (κ3) is 6.17. The predicted molar refractivity (Wildman–Crippen MR) is 144 cm³/mol. The third-order valence-corrected chi connectivity index (χ3v) is 8.48. The fourth-order valence-electron chi connectivity index (χ4n) is 4.67. The number of methoxy groups -OCH3 is 2. The average Bonchev–Trinajstić information content (AvgIpc) is 3.50. The van der Waals surface area contributed by atoms with E-state index in [-0.39, 0.29) is 42.7 Å². The molecular formula is C26H34F2N6O5S. The second-order valence-electron chi connectivity index (χ2n) is 9.79. The molecule has 4 rings (SSSR count). The quantitative estimate of drug-likeness (QED) is 0.327. The first kappa shape index (κ1) is 29.6. The molecule has 1 aliphatic carbocycles. The molecule has 3 atom stereocenters. The monoisotopic (exact) mass is 580 g/mol. The van der Waals surface area contributed by atoms with Gasteiger partial charge in [0.25, 0.3) is 0 Å². The molecule has 1 saturated carbocycles. The number of halogens is 2. The molecule has 2 heterocycles. The second kappa shape index (κ2) is 12.0. The van der Waals surface area contributed by atoms with Gasteiger partial charge >= 0.3 is 0 Å². The van der Waals surface area contributed by atoms with E-state index in [1.54, 1.807) is 30.6 Å². The summed E-state index contributed by atoms with van der Waals surface area (Å²) in [6, 6.07) is 4.99. The number of alkyl halides is 2. The van der Waals surface area contributed by atoms with Crippen LogP contribution in [0, 0.1) is 6.92 Å². The van der Waals surface area contributed by atoms with Gasteiger partial charge in [0.05, 0.1) is 14.2 Å². The molecule has 14 heteroatoms. The van der Waals surface area contributed by atoms with Gasteiger partial charge in [-0.05, 0) is 44.4 Å². The lowest BCUT2D eigenvalue weighted by Crippen LogP contribution is -2.34. The van der Waals surface area contributed by atoms with E-state index in [1.807, 2.05) is 13.8 Å². The summed E-state index contributed by atoms with van der Waals surface area (Å²) in [5.74, 6) is -2.71. The number of ether oxygens (including phenoxy) is 3. The smallest absolute Gasteiger partial charge is 0.248 e. The third-order valence-electron chi connectivity index (χ3n) is 6.79. The molecule has 1 aliphatic rings. The van der Waals surface area contributed by atoms with E-state index in [0.717, 1.165) is 5.56 Å². The number of sulfonamides is 1. The molecule has 0 radical (unpaired) electrons. The van der Waals surface area contributed by atoms with Gasteiger partial charge in [-0.2, -0.15) is 0 Å². The molecule has 0 unspecified atom stereocenters. The van der Waals surface area contributed by atoms with Crippen molar-refractivity contribution < 1.29 is 31.4 Å². The highest BCUT2D eigenvalue weighted by molar-refractivity contribution is 7.93. The van der Waals surface area contributed by atoms with Crippen LogP contribution >= 0.6 is 0 Å². The minimum Gasteiger partial charge on any atom is -0.494 e. The minimum atomic E-state index is -4.21. The summed E-state index contributed by atoms with van der Waals surface area (Å²) in [5.41, 5.74) is 1.10. The number of hydrogen-bond donors (Lipinski definition) is 1. The number of nitrogens with one attached hydrogen (secondary N) is 1. The molecule has 0 spiro atoms. The van der Waals surface area contributed by atoms with Crippen molar-refractivity contribution >= 4 is 16.0 Å². The van der Waals surface area contributed by atoms with Crippen LogP contribution in [-0.2, 0) is 14.8 Å². The number of rotatable bonds is 12. The van der Waals surface area contributed by atoms with E-state index in [2.05, 4.69) is 24.9 Å². The van der Waals surface area contributed by atoms with Crippen molar-refractivity contribution in [2.45, 2.75) is 69.6 Å². The van der Waals surface area contributed by atoms with E-state index >= 15 is 0 Å². The first-order valence-corrected chi connectivity index (χ1v) is 14.5. The lowest BCUT2D eigenvalue weighted by molar-refractivity contribution is 0.00749. The SMILES string of the molecule is CCCO[C@@H](c1ncc(C)cn1)[C@H](C)S(=O)(=O)Nc1nnc([C@H]2CCC(F)(F)C2)n1-c1c(OC)cccc1OC. The van der Waals surface area contributed by atoms with Gasteiger partial charge in [-0.25, -0.2) is 27.2 Å². The van der Waals surface area contributed by atoms with E-state index < -0.39 is 39.6 Å². The van der Waals surface area contributed by atoms with Crippen LogP contribution in [0.25, 0.3) is 5.69 Å². The van der Waals surface area contributed by atoms with E-state index in [9.17, 15) is 17.2 Å². The number of aryl methyl sites for hydroxylation is 1. The minimum absolute atomic E-state index is 0.156. The van der Waals surface area contributed by atoms with Gasteiger partial charge in [0.1, 0.15) is 34.4 Å². The molecular weight excluding hydrogens is 546 g/mol. The van der Waals surface area contributed by atoms with Crippen LogP contribution in [0.4, 0.5) is 14.7 Å². The van der Waals surface area contributed by atoms with Crippen molar-refractivity contribution in [2.75, 3.05) is 25.5 Å². The molecule has 1 N–H and O–H groups in total. The first-order chi connectivity index (χ1) is 19.0. The standard InChI is InChI=1S/C26H34F2N6O5S/c1-6-12-39-22(23-29-14-16(2)15-30-23)17(3)40(35,36)33-25-32-31-24(18-10-11-26(27,28)13-18)34(25)21-19(37-4)8-7-9-20(21)38-5/h7-9,14-15,17-18,22H,6,10-13H2,1-5H3,(H,32,33)/t17-,18-,22+/m0/s1. The highest BCUT2D eigenvalue weighted by Crippen LogP contribution is 2.46. The van der Waals surface area contributed by atoms with Crippen molar-refractivity contribution in [3.05, 3.63) is 47.8 Å². The normalized spacial score (nSPS) is 18.3. The maximum Gasteiger partial charge on any atom is 0.248 e. The molecule has 0 amide bonds. The van der Waals surface area contributed by atoms with Crippen molar-refractivity contribution in [1.82, 2.24) is 24.7 Å². The molecule has 1 aromatic carbocycles. The Bertz CT molecular complexity index is 1400. The van der Waals surface area contributed by atoms with Crippen LogP contribution in [0.2, 0.25) is 0 Å². The lowest BCUT2D eigenvalue weighted by atomic mass is 10.1. The zero-order chi connectivity index (χ0) is 29.1. The number of benzene rings is 1. The Balaban J connectivity index is 1.79. The average molecular weight is 581 g/mol. The molecule has 0 saturated heterocycles. The largest absolute Gasteiger partial charge is 0.494 e. The summed E-state index contributed by atoms with van der Waals surface area (Å²) in [5, 5.41) is 7.12. The van der Waals surface area contributed by atoms with Crippen LogP contribution in [0.5, 0.6) is 11.5 Å². The summed E-state index contributed by atoms with van der Waals surface area (Å²) in [7, 11) is -1.33. The number of anilines is 1. The van der Waals surface area contributed by atoms with Gasteiger partial charge in [-0.3, -0.25) is 9.29 Å². The molecule has 0 bridgehead atoms. The Morgan fingerprint density at radius 1 is 1.15 bits per heavy atom. The summed E-state index contributed by atoms with van der Waals surface area (Å²) < 4.78 is 76.8. The van der Waals surface area contributed by atoms with Gasteiger partial charge in [0, 0.05) is 37.8 Å². The zero-order valence-corrected chi connectivity index (χ0v) is 23.9.